The minimum atomic E-state index is 0.830. The second kappa shape index (κ2) is 9.96. The van der Waals surface area contributed by atoms with E-state index in [1.54, 1.807) is 0 Å². The maximum absolute atomic E-state index is 5.44. The fourth-order valence-electron chi connectivity index (χ4n) is 8.19. The van der Waals surface area contributed by atoms with Gasteiger partial charge in [-0.15, -0.1) is 0 Å². The van der Waals surface area contributed by atoms with Crippen molar-refractivity contribution in [3.8, 4) is 50.5 Å². The summed E-state index contributed by atoms with van der Waals surface area (Å²) in [4.78, 5) is 10.8. The second-order valence-corrected chi connectivity index (χ2v) is 12.9. The van der Waals surface area contributed by atoms with Crippen molar-refractivity contribution in [1.29, 1.82) is 0 Å². The third-order valence-corrected chi connectivity index (χ3v) is 10.3. The zero-order valence-corrected chi connectivity index (χ0v) is 26.4. The highest BCUT2D eigenvalue weighted by molar-refractivity contribution is 6.29. The summed E-state index contributed by atoms with van der Waals surface area (Å²) >= 11 is 0. The summed E-state index contributed by atoms with van der Waals surface area (Å²) in [6, 6.07) is 58.9. The lowest BCUT2D eigenvalue weighted by molar-refractivity contribution is 1.08. The number of hydrogen-bond donors (Lipinski definition) is 0. The van der Waals surface area contributed by atoms with Gasteiger partial charge in [-0.3, -0.25) is 4.57 Å². The molecular weight excluding hydrogens is 595 g/mol. The van der Waals surface area contributed by atoms with Crippen LogP contribution in [0.1, 0.15) is 0 Å². The van der Waals surface area contributed by atoms with Crippen molar-refractivity contribution in [1.82, 2.24) is 14.5 Å². The summed E-state index contributed by atoms with van der Waals surface area (Å²) in [6.45, 7) is 0. The standard InChI is InChI=1S/C46H27N3/c1-2-12-29(13-3-1)33-25-26-40-44-42(33)36-19-9-16-30-15-8-17-34(41(30)36)35-18-10-22-39(43(35)44)49(40)46-45(47-37-20-6-7-21-38(37)48-46)32-24-23-28-11-4-5-14-31(28)27-32/h1-27H. The van der Waals surface area contributed by atoms with Gasteiger partial charge in [0.15, 0.2) is 5.82 Å². The van der Waals surface area contributed by atoms with Crippen LogP contribution in [0.15, 0.2) is 164 Å². The van der Waals surface area contributed by atoms with E-state index >= 15 is 0 Å². The van der Waals surface area contributed by atoms with Gasteiger partial charge in [-0.2, -0.15) is 0 Å². The molecule has 0 N–H and O–H groups in total. The van der Waals surface area contributed by atoms with Crippen molar-refractivity contribution in [3.05, 3.63) is 164 Å². The first-order valence-corrected chi connectivity index (χ1v) is 16.8. The smallest absolute Gasteiger partial charge is 0.165 e. The van der Waals surface area contributed by atoms with Crippen LogP contribution in [0.3, 0.4) is 0 Å². The molecule has 8 aromatic carbocycles. The Morgan fingerprint density at radius 2 is 1.02 bits per heavy atom. The molecule has 0 amide bonds. The second-order valence-electron chi connectivity index (χ2n) is 12.9. The van der Waals surface area contributed by atoms with Gasteiger partial charge in [0.2, 0.25) is 0 Å². The first-order valence-electron chi connectivity index (χ1n) is 16.8. The molecule has 0 atom stereocenters. The van der Waals surface area contributed by atoms with Crippen LogP contribution in [0.25, 0.3) is 105 Å². The Balaban J connectivity index is 1.34. The highest BCUT2D eigenvalue weighted by Gasteiger charge is 2.28. The van der Waals surface area contributed by atoms with Gasteiger partial charge < -0.3 is 0 Å². The number of hydrogen-bond acceptors (Lipinski definition) is 2. The monoisotopic (exact) mass is 621 g/mol. The van der Waals surface area contributed by atoms with Gasteiger partial charge in [-0.25, -0.2) is 9.97 Å². The third kappa shape index (κ3) is 3.73. The van der Waals surface area contributed by atoms with Gasteiger partial charge >= 0.3 is 0 Å². The van der Waals surface area contributed by atoms with Gasteiger partial charge in [0, 0.05) is 21.9 Å². The van der Waals surface area contributed by atoms with Crippen LogP contribution in [0.5, 0.6) is 0 Å². The van der Waals surface area contributed by atoms with E-state index in [0.29, 0.717) is 0 Å². The molecule has 0 bridgehead atoms. The van der Waals surface area contributed by atoms with E-state index < -0.39 is 0 Å². The summed E-state index contributed by atoms with van der Waals surface area (Å²) < 4.78 is 2.37. The molecule has 3 nitrogen and oxygen atoms in total. The molecule has 49 heavy (non-hydrogen) atoms. The summed E-state index contributed by atoms with van der Waals surface area (Å²) in [6.07, 6.45) is 0. The number of nitrogens with zero attached hydrogens (tertiary/aromatic N) is 3. The molecule has 2 heterocycles. The molecule has 1 aliphatic rings. The maximum Gasteiger partial charge on any atom is 0.165 e. The number of para-hydroxylation sites is 2. The Kier molecular flexibility index (Phi) is 5.38. The van der Waals surface area contributed by atoms with E-state index in [4.69, 9.17) is 9.97 Å². The van der Waals surface area contributed by atoms with Crippen molar-refractivity contribution in [2.24, 2.45) is 0 Å². The SMILES string of the molecule is c1ccc(-c2ccc3c4c2-c2cccc5cccc(c25)-c2cccc(c24)n3-c2nc3ccccc3nc2-c2ccc3ccccc3c2)cc1. The van der Waals surface area contributed by atoms with Crippen molar-refractivity contribution in [2.45, 2.75) is 0 Å². The first kappa shape index (κ1) is 26.5. The summed E-state index contributed by atoms with van der Waals surface area (Å²) in [5.41, 5.74) is 13.3. The molecule has 11 rings (SSSR count). The quantitative estimate of drug-likeness (QED) is 0.196. The Morgan fingerprint density at radius 3 is 1.86 bits per heavy atom. The normalized spacial score (nSPS) is 12.1. The van der Waals surface area contributed by atoms with E-state index in [-0.39, 0.29) is 0 Å². The predicted molar refractivity (Wildman–Crippen MR) is 204 cm³/mol. The molecule has 0 spiro atoms. The van der Waals surface area contributed by atoms with Gasteiger partial charge in [0.25, 0.3) is 0 Å². The highest BCUT2D eigenvalue weighted by Crippen LogP contribution is 2.52. The molecule has 0 saturated heterocycles. The minimum Gasteiger partial charge on any atom is -0.292 e. The molecule has 10 aromatic rings. The maximum atomic E-state index is 5.44. The van der Waals surface area contributed by atoms with Gasteiger partial charge in [0.05, 0.1) is 22.1 Å². The Labute approximate surface area is 282 Å². The fraction of sp³-hybridized carbons (Fsp3) is 0. The average Bonchev–Trinajstić information content (AvgIpc) is 3.44. The van der Waals surface area contributed by atoms with E-state index in [1.165, 1.54) is 65.7 Å². The Morgan fingerprint density at radius 1 is 0.367 bits per heavy atom. The highest BCUT2D eigenvalue weighted by atomic mass is 15.1. The molecule has 0 saturated carbocycles. The zero-order chi connectivity index (χ0) is 32.1. The number of benzene rings is 8. The summed E-state index contributed by atoms with van der Waals surface area (Å²) in [7, 11) is 0. The topological polar surface area (TPSA) is 30.7 Å². The van der Waals surface area contributed by atoms with Gasteiger partial charge in [-0.05, 0) is 79.7 Å². The van der Waals surface area contributed by atoms with Crippen LogP contribution < -0.4 is 0 Å². The minimum absolute atomic E-state index is 0.830. The molecule has 226 valence electrons. The van der Waals surface area contributed by atoms with E-state index in [9.17, 15) is 0 Å². The zero-order valence-electron chi connectivity index (χ0n) is 26.4. The van der Waals surface area contributed by atoms with Crippen LogP contribution in [-0.4, -0.2) is 14.5 Å². The number of fused-ring (bicyclic) bond motifs is 4. The molecule has 0 unspecified atom stereocenters. The van der Waals surface area contributed by atoms with Crippen LogP contribution >= 0.6 is 0 Å². The Hall–Kier alpha value is -6.58. The van der Waals surface area contributed by atoms with Crippen molar-refractivity contribution < 1.29 is 0 Å². The lowest BCUT2D eigenvalue weighted by Crippen LogP contribution is -2.04. The lowest BCUT2D eigenvalue weighted by atomic mass is 9.89. The largest absolute Gasteiger partial charge is 0.292 e. The van der Waals surface area contributed by atoms with Crippen molar-refractivity contribution >= 4 is 54.4 Å². The molecule has 0 fully saturated rings. The molecule has 0 aliphatic heterocycles. The third-order valence-electron chi connectivity index (χ3n) is 10.3. The van der Waals surface area contributed by atoms with Crippen LogP contribution in [0, 0.1) is 0 Å². The molecule has 3 heteroatoms. The van der Waals surface area contributed by atoms with E-state index in [2.05, 4.69) is 156 Å². The van der Waals surface area contributed by atoms with Crippen LogP contribution in [0.2, 0.25) is 0 Å². The molecule has 0 radical (unpaired) electrons. The van der Waals surface area contributed by atoms with Crippen molar-refractivity contribution in [3.63, 3.8) is 0 Å². The first-order chi connectivity index (χ1) is 24.3. The van der Waals surface area contributed by atoms with E-state index in [1.807, 2.05) is 12.1 Å². The average molecular weight is 622 g/mol. The predicted octanol–water partition coefficient (Wildman–Crippen LogP) is 12.0. The number of aromatic nitrogens is 3. The van der Waals surface area contributed by atoms with Crippen LogP contribution in [0.4, 0.5) is 0 Å². The van der Waals surface area contributed by atoms with Gasteiger partial charge in [0.1, 0.15) is 5.69 Å². The number of rotatable bonds is 3. The fourth-order valence-corrected chi connectivity index (χ4v) is 8.19. The molecule has 1 aliphatic carbocycles. The lowest BCUT2D eigenvalue weighted by Gasteiger charge is -2.17. The Bertz CT molecular complexity index is 2980. The summed E-state index contributed by atoms with van der Waals surface area (Å²) in [5, 5.41) is 7.42. The van der Waals surface area contributed by atoms with E-state index in [0.717, 1.165) is 39.1 Å². The van der Waals surface area contributed by atoms with Crippen molar-refractivity contribution in [2.75, 3.05) is 0 Å². The van der Waals surface area contributed by atoms with Gasteiger partial charge in [-0.1, -0.05) is 133 Å². The summed E-state index contributed by atoms with van der Waals surface area (Å²) in [5.74, 6) is 0.830. The molecular formula is C46H27N3. The van der Waals surface area contributed by atoms with Crippen LogP contribution in [-0.2, 0) is 0 Å². The molecule has 2 aromatic heterocycles.